The highest BCUT2D eigenvalue weighted by atomic mass is 16.6. The average molecular weight is 387 g/mol. The molecule has 0 saturated heterocycles. The maximum Gasteiger partial charge on any atom is 0.344 e. The summed E-state index contributed by atoms with van der Waals surface area (Å²) in [6.07, 6.45) is 18.9. The Labute approximate surface area is 168 Å². The van der Waals surface area contributed by atoms with Gasteiger partial charge in [-0.2, -0.15) is 0 Å². The topological polar surface area (TPSA) is 52.6 Å². The number of rotatable bonds is 5. The zero-order valence-electron chi connectivity index (χ0n) is 17.0. The van der Waals surface area contributed by atoms with Crippen molar-refractivity contribution < 1.29 is 19.1 Å². The minimum absolute atomic E-state index is 0.0959. The van der Waals surface area contributed by atoms with Crippen molar-refractivity contribution in [1.29, 1.82) is 0 Å². The number of hydrogen-bond acceptors (Lipinski definition) is 4. The molecule has 0 aromatic carbocycles. The van der Waals surface area contributed by atoms with Crippen molar-refractivity contribution in [2.45, 2.75) is 89.1 Å². The van der Waals surface area contributed by atoms with Crippen LogP contribution in [0, 0.1) is 29.1 Å². The van der Waals surface area contributed by atoms with Crippen molar-refractivity contribution in [1.82, 2.24) is 0 Å². The first-order valence-corrected chi connectivity index (χ1v) is 11.6. The van der Waals surface area contributed by atoms with E-state index in [4.69, 9.17) is 9.47 Å². The molecule has 6 rings (SSSR count). The van der Waals surface area contributed by atoms with Crippen molar-refractivity contribution in [3.63, 3.8) is 0 Å². The van der Waals surface area contributed by atoms with Gasteiger partial charge in [0.2, 0.25) is 0 Å². The van der Waals surface area contributed by atoms with Gasteiger partial charge in [-0.3, -0.25) is 4.79 Å². The van der Waals surface area contributed by atoms with Crippen LogP contribution in [0.4, 0.5) is 0 Å². The molecule has 0 heterocycles. The van der Waals surface area contributed by atoms with E-state index < -0.39 is 0 Å². The smallest absolute Gasteiger partial charge is 0.344 e. The summed E-state index contributed by atoms with van der Waals surface area (Å²) in [5.41, 5.74) is -0.0911. The Kier molecular flexibility index (Phi) is 4.79. The molecule has 1 atom stereocenters. The van der Waals surface area contributed by atoms with E-state index >= 15 is 0 Å². The molecule has 28 heavy (non-hydrogen) atoms. The Hall–Kier alpha value is -1.32. The van der Waals surface area contributed by atoms with E-state index in [9.17, 15) is 9.59 Å². The molecule has 4 nitrogen and oxygen atoms in total. The minimum Gasteiger partial charge on any atom is -0.456 e. The van der Waals surface area contributed by atoms with E-state index in [-0.39, 0.29) is 35.5 Å². The summed E-state index contributed by atoms with van der Waals surface area (Å²) in [7, 11) is 0. The molecule has 4 heteroatoms. The molecule has 154 valence electrons. The fourth-order valence-corrected chi connectivity index (χ4v) is 7.86. The maximum absolute atomic E-state index is 12.8. The van der Waals surface area contributed by atoms with Crippen molar-refractivity contribution in [3.05, 3.63) is 12.2 Å². The summed E-state index contributed by atoms with van der Waals surface area (Å²) in [6, 6.07) is 0. The third-order valence-corrected chi connectivity index (χ3v) is 8.66. The summed E-state index contributed by atoms with van der Waals surface area (Å²) in [5, 5.41) is 0. The summed E-state index contributed by atoms with van der Waals surface area (Å²) in [5.74, 6) is 1.88. The lowest BCUT2D eigenvalue weighted by molar-refractivity contribution is -0.211. The number of esters is 2. The van der Waals surface area contributed by atoms with Crippen LogP contribution >= 0.6 is 0 Å². The van der Waals surface area contributed by atoms with E-state index in [2.05, 4.69) is 6.08 Å². The number of hydrogen-bond donors (Lipinski definition) is 0. The van der Waals surface area contributed by atoms with Gasteiger partial charge in [0.25, 0.3) is 0 Å². The summed E-state index contributed by atoms with van der Waals surface area (Å²) in [6.45, 7) is -0.215. The van der Waals surface area contributed by atoms with E-state index in [1.54, 1.807) is 0 Å². The van der Waals surface area contributed by atoms with Crippen LogP contribution < -0.4 is 0 Å². The van der Waals surface area contributed by atoms with E-state index in [0.29, 0.717) is 0 Å². The van der Waals surface area contributed by atoms with Crippen LogP contribution in [0.5, 0.6) is 0 Å². The predicted octanol–water partition coefficient (Wildman–Crippen LogP) is 4.96. The van der Waals surface area contributed by atoms with Crippen LogP contribution in [0.3, 0.4) is 0 Å². The van der Waals surface area contributed by atoms with Crippen molar-refractivity contribution >= 4 is 11.9 Å². The Morgan fingerprint density at radius 1 is 0.929 bits per heavy atom. The molecule has 5 saturated carbocycles. The monoisotopic (exact) mass is 386 g/mol. The molecule has 0 aliphatic heterocycles. The van der Waals surface area contributed by atoms with Crippen molar-refractivity contribution in [2.75, 3.05) is 6.61 Å². The van der Waals surface area contributed by atoms with Crippen molar-refractivity contribution in [2.24, 2.45) is 29.1 Å². The molecule has 0 aromatic rings. The summed E-state index contributed by atoms with van der Waals surface area (Å²) >= 11 is 0. The highest BCUT2D eigenvalue weighted by Crippen LogP contribution is 2.67. The molecule has 0 radical (unpaired) electrons. The van der Waals surface area contributed by atoms with E-state index in [0.717, 1.165) is 62.7 Å². The fraction of sp³-hybridized carbons (Fsp3) is 0.833. The van der Waals surface area contributed by atoms with Crippen LogP contribution in [-0.4, -0.2) is 24.1 Å². The normalized spacial score (nSPS) is 40.4. The highest BCUT2D eigenvalue weighted by Gasteiger charge is 2.62. The molecular formula is C24H34O4. The van der Waals surface area contributed by atoms with Gasteiger partial charge in [-0.1, -0.05) is 12.2 Å². The molecule has 0 spiro atoms. The zero-order chi connectivity index (χ0) is 19.2. The van der Waals surface area contributed by atoms with Gasteiger partial charge in [-0.25, -0.2) is 4.79 Å². The molecule has 5 fully saturated rings. The molecular weight excluding hydrogens is 352 g/mol. The molecule has 0 aromatic heterocycles. The third kappa shape index (κ3) is 3.21. The molecule has 1 unspecified atom stereocenters. The molecule has 4 bridgehead atoms. The largest absolute Gasteiger partial charge is 0.456 e. The molecule has 0 amide bonds. The maximum atomic E-state index is 12.8. The van der Waals surface area contributed by atoms with Crippen LogP contribution in [0.2, 0.25) is 0 Å². The lowest BCUT2D eigenvalue weighted by Gasteiger charge is -2.62. The first-order chi connectivity index (χ1) is 13.6. The Bertz CT molecular complexity index is 622. The second-order valence-corrected chi connectivity index (χ2v) is 10.5. The van der Waals surface area contributed by atoms with E-state index in [1.807, 2.05) is 6.08 Å². The number of carbonyl (C=O) groups is 2. The SMILES string of the molecule is O=C(COC(=O)C1CC=CCC1)OC1(C23CC4CC(CC(C4)C2)C3)CCCC1. The highest BCUT2D eigenvalue weighted by molar-refractivity contribution is 5.78. The minimum atomic E-state index is -0.322. The predicted molar refractivity (Wildman–Crippen MR) is 105 cm³/mol. The van der Waals surface area contributed by atoms with Crippen LogP contribution in [0.25, 0.3) is 0 Å². The Morgan fingerprint density at radius 2 is 1.57 bits per heavy atom. The second-order valence-electron chi connectivity index (χ2n) is 10.5. The van der Waals surface area contributed by atoms with Crippen LogP contribution in [0.1, 0.15) is 83.5 Å². The van der Waals surface area contributed by atoms with E-state index in [1.165, 1.54) is 38.5 Å². The van der Waals surface area contributed by atoms with Gasteiger partial charge in [0.05, 0.1) is 5.92 Å². The molecule has 0 N–H and O–H groups in total. The third-order valence-electron chi connectivity index (χ3n) is 8.66. The van der Waals surface area contributed by atoms with Gasteiger partial charge >= 0.3 is 11.9 Å². The number of ether oxygens (including phenoxy) is 2. The van der Waals surface area contributed by atoms with Gasteiger partial charge in [0.15, 0.2) is 6.61 Å². The van der Waals surface area contributed by atoms with Gasteiger partial charge in [0, 0.05) is 5.41 Å². The number of allylic oxidation sites excluding steroid dienone is 2. The lowest BCUT2D eigenvalue weighted by atomic mass is 9.45. The fourth-order valence-electron chi connectivity index (χ4n) is 7.86. The molecule has 6 aliphatic rings. The van der Waals surface area contributed by atoms with Crippen LogP contribution in [0.15, 0.2) is 12.2 Å². The van der Waals surface area contributed by atoms with Gasteiger partial charge < -0.3 is 9.47 Å². The number of carbonyl (C=O) groups excluding carboxylic acids is 2. The zero-order valence-corrected chi connectivity index (χ0v) is 17.0. The lowest BCUT2D eigenvalue weighted by Crippen LogP contribution is -2.59. The first-order valence-electron chi connectivity index (χ1n) is 11.6. The van der Waals surface area contributed by atoms with Gasteiger partial charge in [0.1, 0.15) is 5.60 Å². The second kappa shape index (κ2) is 7.18. The molecule has 6 aliphatic carbocycles. The van der Waals surface area contributed by atoms with Gasteiger partial charge in [-0.05, 0) is 101 Å². The Balaban J connectivity index is 1.25. The first kappa shape index (κ1) is 18.7. The summed E-state index contributed by atoms with van der Waals surface area (Å²) in [4.78, 5) is 25.0. The Morgan fingerprint density at radius 3 is 2.14 bits per heavy atom. The summed E-state index contributed by atoms with van der Waals surface area (Å²) < 4.78 is 11.7. The quantitative estimate of drug-likeness (QED) is 0.495. The average Bonchev–Trinajstić information content (AvgIpc) is 3.16. The van der Waals surface area contributed by atoms with Gasteiger partial charge in [-0.15, -0.1) is 0 Å². The van der Waals surface area contributed by atoms with Crippen molar-refractivity contribution in [3.8, 4) is 0 Å². The van der Waals surface area contributed by atoms with Crippen LogP contribution in [-0.2, 0) is 19.1 Å². The standard InChI is InChI=1S/C24H34O4/c25-21(16-27-22(26)20-6-2-1-3-7-20)28-24(8-4-5-9-24)23-13-17-10-18(14-23)12-19(11-17)15-23/h1-2,17-20H,3-16H2.